The van der Waals surface area contributed by atoms with E-state index in [1.807, 2.05) is 6.92 Å². The van der Waals surface area contributed by atoms with Crippen LogP contribution in [0.15, 0.2) is 14.6 Å². The van der Waals surface area contributed by atoms with Gasteiger partial charge in [0.15, 0.2) is 4.34 Å². The number of aliphatic hydroxyl groups excluding tert-OH is 1. The Morgan fingerprint density at radius 3 is 2.72 bits per heavy atom. The third kappa shape index (κ3) is 2.86. The molecule has 0 amide bonds. The Labute approximate surface area is 115 Å². The van der Waals surface area contributed by atoms with E-state index < -0.39 is 11.0 Å². The molecule has 1 N–H and O–H groups in total. The zero-order valence-corrected chi connectivity index (χ0v) is 11.9. The Kier molecular flexibility index (Phi) is 3.95. The minimum atomic E-state index is -0.709. The Morgan fingerprint density at radius 1 is 1.50 bits per heavy atom. The maximum absolute atomic E-state index is 10.9. The Morgan fingerprint density at radius 2 is 2.22 bits per heavy atom. The SMILES string of the molecule is Cc1nnc(Sc2sc([C@H](C)O)cc2[N+](=O)[O-])s1. The van der Waals surface area contributed by atoms with E-state index in [0.29, 0.717) is 13.4 Å². The first-order chi connectivity index (χ1) is 8.47. The number of aryl methyl sites for hydroxylation is 1. The van der Waals surface area contributed by atoms with Gasteiger partial charge < -0.3 is 5.11 Å². The van der Waals surface area contributed by atoms with Gasteiger partial charge in [-0.2, -0.15) is 0 Å². The summed E-state index contributed by atoms with van der Waals surface area (Å²) in [6.07, 6.45) is -0.709. The van der Waals surface area contributed by atoms with Crippen molar-refractivity contribution < 1.29 is 10.0 Å². The van der Waals surface area contributed by atoms with Crippen LogP contribution in [0.3, 0.4) is 0 Å². The van der Waals surface area contributed by atoms with Crippen LogP contribution < -0.4 is 0 Å². The molecule has 18 heavy (non-hydrogen) atoms. The number of nitrogens with zero attached hydrogens (tertiary/aromatic N) is 3. The van der Waals surface area contributed by atoms with Crippen LogP contribution in [0.25, 0.3) is 0 Å². The average molecular weight is 303 g/mol. The molecule has 2 heterocycles. The standard InChI is InChI=1S/C9H9N3O3S3/c1-4(13)7-3-6(12(14)15)8(17-7)18-9-11-10-5(2)16-9/h3-4,13H,1-2H3/t4-/m0/s1. The number of nitro groups is 1. The first-order valence-corrected chi connectivity index (χ1v) is 7.36. The maximum Gasteiger partial charge on any atom is 0.294 e. The van der Waals surface area contributed by atoms with Crippen molar-refractivity contribution in [2.75, 3.05) is 0 Å². The second kappa shape index (κ2) is 5.31. The summed E-state index contributed by atoms with van der Waals surface area (Å²) >= 11 is 3.81. The third-order valence-corrected chi connectivity index (χ3v) is 5.37. The molecule has 6 nitrogen and oxygen atoms in total. The van der Waals surface area contributed by atoms with E-state index >= 15 is 0 Å². The number of aliphatic hydroxyl groups is 1. The van der Waals surface area contributed by atoms with Gasteiger partial charge in [0.25, 0.3) is 5.69 Å². The lowest BCUT2D eigenvalue weighted by molar-refractivity contribution is -0.387. The second-order valence-corrected chi connectivity index (χ2v) is 7.22. The van der Waals surface area contributed by atoms with Gasteiger partial charge >= 0.3 is 0 Å². The quantitative estimate of drug-likeness (QED) is 0.690. The molecule has 0 unspecified atom stereocenters. The molecule has 2 aromatic rings. The van der Waals surface area contributed by atoms with E-state index in [4.69, 9.17) is 0 Å². The summed E-state index contributed by atoms with van der Waals surface area (Å²) in [6, 6.07) is 1.41. The fraction of sp³-hybridized carbons (Fsp3) is 0.333. The van der Waals surface area contributed by atoms with Gasteiger partial charge in [-0.05, 0) is 25.6 Å². The van der Waals surface area contributed by atoms with E-state index in [1.165, 1.54) is 40.5 Å². The number of hydrogen-bond donors (Lipinski definition) is 1. The van der Waals surface area contributed by atoms with Crippen LogP contribution in [0.5, 0.6) is 0 Å². The van der Waals surface area contributed by atoms with Crippen molar-refractivity contribution in [2.45, 2.75) is 28.5 Å². The van der Waals surface area contributed by atoms with Crippen molar-refractivity contribution in [3.05, 3.63) is 26.1 Å². The highest BCUT2D eigenvalue weighted by Gasteiger charge is 2.22. The minimum absolute atomic E-state index is 0.00810. The van der Waals surface area contributed by atoms with E-state index in [-0.39, 0.29) is 5.69 Å². The highest BCUT2D eigenvalue weighted by molar-refractivity contribution is 8.02. The lowest BCUT2D eigenvalue weighted by Crippen LogP contribution is -1.87. The molecule has 0 saturated heterocycles. The van der Waals surface area contributed by atoms with Crippen molar-refractivity contribution in [1.29, 1.82) is 0 Å². The highest BCUT2D eigenvalue weighted by atomic mass is 32.2. The van der Waals surface area contributed by atoms with Gasteiger partial charge in [0.1, 0.15) is 9.22 Å². The summed E-state index contributed by atoms with van der Waals surface area (Å²) in [4.78, 5) is 11.1. The summed E-state index contributed by atoms with van der Waals surface area (Å²) in [5.41, 5.74) is 0.00810. The summed E-state index contributed by atoms with van der Waals surface area (Å²) in [6.45, 7) is 3.41. The topological polar surface area (TPSA) is 89.2 Å². The number of aromatic nitrogens is 2. The van der Waals surface area contributed by atoms with Crippen LogP contribution in [0.2, 0.25) is 0 Å². The summed E-state index contributed by atoms with van der Waals surface area (Å²) in [7, 11) is 0. The molecule has 0 aliphatic carbocycles. The number of thiophene rings is 1. The second-order valence-electron chi connectivity index (χ2n) is 3.44. The van der Waals surface area contributed by atoms with Crippen molar-refractivity contribution in [3.8, 4) is 0 Å². The predicted molar refractivity (Wildman–Crippen MR) is 70.4 cm³/mol. The van der Waals surface area contributed by atoms with Gasteiger partial charge in [-0.3, -0.25) is 10.1 Å². The Bertz CT molecular complexity index is 579. The van der Waals surface area contributed by atoms with E-state index in [0.717, 1.165) is 5.01 Å². The molecule has 2 rings (SSSR count). The largest absolute Gasteiger partial charge is 0.388 e. The van der Waals surface area contributed by atoms with Crippen LogP contribution in [0.4, 0.5) is 5.69 Å². The van der Waals surface area contributed by atoms with Gasteiger partial charge in [0.05, 0.1) is 11.0 Å². The van der Waals surface area contributed by atoms with Crippen LogP contribution in [0.1, 0.15) is 22.9 Å². The smallest absolute Gasteiger partial charge is 0.294 e. The normalized spacial score (nSPS) is 12.6. The molecule has 0 fully saturated rings. The molecule has 96 valence electrons. The molecule has 2 aromatic heterocycles. The molecule has 1 atom stereocenters. The fourth-order valence-corrected chi connectivity index (χ4v) is 4.50. The molecule has 0 radical (unpaired) electrons. The molecular formula is C9H9N3O3S3. The van der Waals surface area contributed by atoms with Crippen molar-refractivity contribution in [1.82, 2.24) is 10.2 Å². The van der Waals surface area contributed by atoms with Gasteiger partial charge in [-0.25, -0.2) is 0 Å². The van der Waals surface area contributed by atoms with Gasteiger partial charge in [-0.15, -0.1) is 21.5 Å². The zero-order chi connectivity index (χ0) is 13.3. The van der Waals surface area contributed by atoms with E-state index in [1.54, 1.807) is 6.92 Å². The van der Waals surface area contributed by atoms with Crippen LogP contribution >= 0.6 is 34.4 Å². The molecule has 0 aliphatic heterocycles. The molecule has 0 aliphatic rings. The first kappa shape index (κ1) is 13.4. The maximum atomic E-state index is 10.9. The first-order valence-electron chi connectivity index (χ1n) is 4.91. The molecule has 0 aromatic carbocycles. The number of rotatable bonds is 4. The van der Waals surface area contributed by atoms with Crippen LogP contribution in [-0.4, -0.2) is 20.2 Å². The number of hydrogen-bond acceptors (Lipinski definition) is 8. The highest BCUT2D eigenvalue weighted by Crippen LogP contribution is 2.43. The molecule has 9 heteroatoms. The van der Waals surface area contributed by atoms with E-state index in [2.05, 4.69) is 10.2 Å². The fourth-order valence-electron chi connectivity index (χ4n) is 1.19. The Hall–Kier alpha value is -1.03. The van der Waals surface area contributed by atoms with Crippen LogP contribution in [0, 0.1) is 17.0 Å². The third-order valence-electron chi connectivity index (χ3n) is 1.99. The van der Waals surface area contributed by atoms with Crippen molar-refractivity contribution in [2.24, 2.45) is 0 Å². The molecule has 0 spiro atoms. The van der Waals surface area contributed by atoms with Gasteiger partial charge in [0.2, 0.25) is 0 Å². The van der Waals surface area contributed by atoms with Gasteiger partial charge in [-0.1, -0.05) is 11.3 Å². The van der Waals surface area contributed by atoms with Gasteiger partial charge in [0, 0.05) is 10.9 Å². The lowest BCUT2D eigenvalue weighted by Gasteiger charge is -1.95. The van der Waals surface area contributed by atoms with Crippen molar-refractivity contribution in [3.63, 3.8) is 0 Å². The summed E-state index contributed by atoms with van der Waals surface area (Å²) in [5.74, 6) is 0. The summed E-state index contributed by atoms with van der Waals surface area (Å²) in [5, 5.41) is 29.0. The monoisotopic (exact) mass is 303 g/mol. The van der Waals surface area contributed by atoms with Crippen LogP contribution in [-0.2, 0) is 0 Å². The molecule has 0 saturated carbocycles. The lowest BCUT2D eigenvalue weighted by atomic mass is 10.3. The predicted octanol–water partition coefficient (Wildman–Crippen LogP) is 3.02. The summed E-state index contributed by atoms with van der Waals surface area (Å²) < 4.78 is 1.18. The Balaban J connectivity index is 2.33. The average Bonchev–Trinajstić information content (AvgIpc) is 2.85. The molecule has 0 bridgehead atoms. The van der Waals surface area contributed by atoms with E-state index in [9.17, 15) is 15.2 Å². The zero-order valence-electron chi connectivity index (χ0n) is 9.48. The molecular weight excluding hydrogens is 294 g/mol. The minimum Gasteiger partial charge on any atom is -0.388 e. The van der Waals surface area contributed by atoms with Crippen molar-refractivity contribution >= 4 is 40.1 Å².